The van der Waals surface area contributed by atoms with Gasteiger partial charge < -0.3 is 10.6 Å². The molecule has 0 aromatic carbocycles. The molecule has 72 valence electrons. The van der Waals surface area contributed by atoms with Gasteiger partial charge in [-0.15, -0.1) is 0 Å². The van der Waals surface area contributed by atoms with Crippen molar-refractivity contribution in [3.05, 3.63) is 12.3 Å². The van der Waals surface area contributed by atoms with E-state index in [1.807, 2.05) is 16.9 Å². The summed E-state index contributed by atoms with van der Waals surface area (Å²) in [5.41, 5.74) is 5.51. The minimum Gasteiger partial charge on any atom is -0.382 e. The van der Waals surface area contributed by atoms with E-state index >= 15 is 0 Å². The first-order valence-electron chi connectivity index (χ1n) is 4.75. The van der Waals surface area contributed by atoms with Crippen molar-refractivity contribution in [1.29, 1.82) is 0 Å². The van der Waals surface area contributed by atoms with Gasteiger partial charge >= 0.3 is 0 Å². The molecule has 1 aliphatic carbocycles. The zero-order valence-corrected chi connectivity index (χ0v) is 7.98. The predicted molar refractivity (Wildman–Crippen MR) is 52.3 cm³/mol. The van der Waals surface area contributed by atoms with E-state index in [2.05, 4.69) is 17.0 Å². The smallest absolute Gasteiger partial charge is 0.145 e. The number of likely N-dealkylation sites (N-methyl/N-ethyl adjacent to an activating group) is 1. The fourth-order valence-electron chi connectivity index (χ4n) is 1.46. The van der Waals surface area contributed by atoms with Crippen LogP contribution < -0.4 is 5.73 Å². The molecule has 0 atom stereocenters. The van der Waals surface area contributed by atoms with Crippen molar-refractivity contribution in [3.8, 4) is 0 Å². The van der Waals surface area contributed by atoms with E-state index in [1.165, 1.54) is 12.8 Å². The fourth-order valence-corrected chi connectivity index (χ4v) is 1.46. The zero-order valence-electron chi connectivity index (χ0n) is 7.98. The fraction of sp³-hybridized carbons (Fsp3) is 0.667. The van der Waals surface area contributed by atoms with Crippen molar-refractivity contribution in [2.75, 3.05) is 19.3 Å². The average Bonchev–Trinajstić information content (AvgIpc) is 2.87. The van der Waals surface area contributed by atoms with Gasteiger partial charge in [0.15, 0.2) is 0 Å². The van der Waals surface area contributed by atoms with Crippen molar-refractivity contribution in [3.63, 3.8) is 0 Å². The molecule has 1 aromatic heterocycles. The molecule has 4 heteroatoms. The molecular formula is C9H16N4. The average molecular weight is 180 g/mol. The van der Waals surface area contributed by atoms with Crippen molar-refractivity contribution in [1.82, 2.24) is 14.7 Å². The van der Waals surface area contributed by atoms with Gasteiger partial charge in [-0.05, 0) is 26.0 Å². The molecule has 0 spiro atoms. The Labute approximate surface area is 78.3 Å². The van der Waals surface area contributed by atoms with Gasteiger partial charge in [0.1, 0.15) is 5.82 Å². The molecule has 2 rings (SSSR count). The van der Waals surface area contributed by atoms with E-state index in [0.29, 0.717) is 5.82 Å². The number of aromatic nitrogens is 2. The van der Waals surface area contributed by atoms with Crippen LogP contribution in [0.5, 0.6) is 0 Å². The van der Waals surface area contributed by atoms with Gasteiger partial charge in [-0.1, -0.05) is 0 Å². The van der Waals surface area contributed by atoms with Gasteiger partial charge in [0.2, 0.25) is 0 Å². The van der Waals surface area contributed by atoms with Crippen LogP contribution in [0.2, 0.25) is 0 Å². The molecule has 0 amide bonds. The number of nitrogen functional groups attached to an aromatic ring is 1. The van der Waals surface area contributed by atoms with E-state index in [-0.39, 0.29) is 0 Å². The lowest BCUT2D eigenvalue weighted by Crippen LogP contribution is -2.25. The van der Waals surface area contributed by atoms with E-state index in [4.69, 9.17) is 5.73 Å². The Morgan fingerprint density at radius 3 is 3.00 bits per heavy atom. The number of nitrogens with zero attached hydrogens (tertiary/aromatic N) is 3. The van der Waals surface area contributed by atoms with Gasteiger partial charge in [0, 0.05) is 18.8 Å². The Kier molecular flexibility index (Phi) is 2.22. The molecule has 0 aliphatic heterocycles. The summed E-state index contributed by atoms with van der Waals surface area (Å²) < 4.78 is 1.90. The number of anilines is 1. The van der Waals surface area contributed by atoms with Crippen LogP contribution in [0, 0.1) is 0 Å². The maximum Gasteiger partial charge on any atom is 0.145 e. The highest BCUT2D eigenvalue weighted by atomic mass is 15.3. The Bertz CT molecular complexity index is 277. The molecule has 4 nitrogen and oxygen atoms in total. The second kappa shape index (κ2) is 3.38. The molecule has 13 heavy (non-hydrogen) atoms. The maximum atomic E-state index is 5.51. The Morgan fingerprint density at radius 1 is 1.69 bits per heavy atom. The van der Waals surface area contributed by atoms with Crippen LogP contribution in [-0.2, 0) is 6.54 Å². The van der Waals surface area contributed by atoms with E-state index in [9.17, 15) is 0 Å². The molecule has 0 bridgehead atoms. The summed E-state index contributed by atoms with van der Waals surface area (Å²) in [6.45, 7) is 2.00. The SMILES string of the molecule is CN(CCn1ccc(N)n1)C1CC1. The lowest BCUT2D eigenvalue weighted by molar-refractivity contribution is 0.303. The van der Waals surface area contributed by atoms with Crippen molar-refractivity contribution >= 4 is 5.82 Å². The largest absolute Gasteiger partial charge is 0.382 e. The summed E-state index contributed by atoms with van der Waals surface area (Å²) in [4.78, 5) is 2.39. The molecule has 1 saturated carbocycles. The Hall–Kier alpha value is -1.03. The zero-order chi connectivity index (χ0) is 9.26. The highest BCUT2D eigenvalue weighted by Crippen LogP contribution is 2.24. The quantitative estimate of drug-likeness (QED) is 0.736. The summed E-state index contributed by atoms with van der Waals surface area (Å²) in [5, 5.41) is 4.13. The summed E-state index contributed by atoms with van der Waals surface area (Å²) in [5.74, 6) is 0.606. The molecule has 1 aliphatic rings. The Morgan fingerprint density at radius 2 is 2.46 bits per heavy atom. The maximum absolute atomic E-state index is 5.51. The third-order valence-electron chi connectivity index (χ3n) is 2.51. The highest BCUT2D eigenvalue weighted by molar-refractivity contribution is 5.23. The van der Waals surface area contributed by atoms with Gasteiger partial charge in [-0.2, -0.15) is 5.10 Å². The van der Waals surface area contributed by atoms with Crippen molar-refractivity contribution in [2.24, 2.45) is 0 Å². The lowest BCUT2D eigenvalue weighted by atomic mass is 10.5. The van der Waals surface area contributed by atoms with Gasteiger partial charge in [-0.3, -0.25) is 4.68 Å². The molecule has 0 unspecified atom stereocenters. The monoisotopic (exact) mass is 180 g/mol. The predicted octanol–water partition coefficient (Wildman–Crippen LogP) is 0.559. The minimum absolute atomic E-state index is 0.606. The first-order valence-corrected chi connectivity index (χ1v) is 4.75. The molecular weight excluding hydrogens is 164 g/mol. The molecule has 0 radical (unpaired) electrons. The van der Waals surface area contributed by atoms with Crippen molar-refractivity contribution < 1.29 is 0 Å². The van der Waals surface area contributed by atoms with Crippen LogP contribution in [0.3, 0.4) is 0 Å². The molecule has 0 saturated heterocycles. The number of nitrogens with two attached hydrogens (primary N) is 1. The first kappa shape index (κ1) is 8.56. The van der Waals surface area contributed by atoms with Gasteiger partial charge in [0.25, 0.3) is 0 Å². The molecule has 2 N–H and O–H groups in total. The standard InChI is InChI=1S/C9H16N4/c1-12(8-2-3-8)6-7-13-5-4-9(10)11-13/h4-5,8H,2-3,6-7H2,1H3,(H2,10,11). The number of hydrogen-bond donors (Lipinski definition) is 1. The molecule has 1 heterocycles. The number of hydrogen-bond acceptors (Lipinski definition) is 3. The summed E-state index contributed by atoms with van der Waals surface area (Å²) in [7, 11) is 2.17. The Balaban J connectivity index is 1.78. The topological polar surface area (TPSA) is 47.1 Å². The summed E-state index contributed by atoms with van der Waals surface area (Å²) in [6, 6.07) is 2.66. The van der Waals surface area contributed by atoms with Crippen LogP contribution in [0.15, 0.2) is 12.3 Å². The van der Waals surface area contributed by atoms with Crippen LogP contribution in [0.4, 0.5) is 5.82 Å². The summed E-state index contributed by atoms with van der Waals surface area (Å²) in [6.07, 6.45) is 4.64. The van der Waals surface area contributed by atoms with E-state index in [1.54, 1.807) is 0 Å². The van der Waals surface area contributed by atoms with Crippen LogP contribution in [0.25, 0.3) is 0 Å². The van der Waals surface area contributed by atoms with Gasteiger partial charge in [0.05, 0.1) is 6.54 Å². The third kappa shape index (κ3) is 2.21. The van der Waals surface area contributed by atoms with Crippen LogP contribution in [-0.4, -0.2) is 34.3 Å². The van der Waals surface area contributed by atoms with Gasteiger partial charge in [-0.25, -0.2) is 0 Å². The van der Waals surface area contributed by atoms with Crippen LogP contribution >= 0.6 is 0 Å². The first-order chi connectivity index (χ1) is 6.25. The molecule has 1 aromatic rings. The second-order valence-corrected chi connectivity index (χ2v) is 3.72. The number of rotatable bonds is 4. The second-order valence-electron chi connectivity index (χ2n) is 3.72. The normalized spacial score (nSPS) is 16.8. The lowest BCUT2D eigenvalue weighted by Gasteiger charge is -2.14. The van der Waals surface area contributed by atoms with Crippen LogP contribution in [0.1, 0.15) is 12.8 Å². The third-order valence-corrected chi connectivity index (χ3v) is 2.51. The van der Waals surface area contributed by atoms with Crippen molar-refractivity contribution in [2.45, 2.75) is 25.4 Å². The van der Waals surface area contributed by atoms with E-state index < -0.39 is 0 Å². The van der Waals surface area contributed by atoms with E-state index in [0.717, 1.165) is 19.1 Å². The minimum atomic E-state index is 0.606. The highest BCUT2D eigenvalue weighted by Gasteiger charge is 2.25. The molecule has 1 fully saturated rings. The summed E-state index contributed by atoms with van der Waals surface area (Å²) >= 11 is 0.